The van der Waals surface area contributed by atoms with E-state index in [2.05, 4.69) is 27.8 Å². The average Bonchev–Trinajstić information content (AvgIpc) is 2.28. The largest absolute Gasteiger partial charge is 0.372 e. The maximum Gasteiger partial charge on any atom is 0.0891 e. The summed E-state index contributed by atoms with van der Waals surface area (Å²) in [4.78, 5) is 4.31. The minimum Gasteiger partial charge on any atom is -0.372 e. The van der Waals surface area contributed by atoms with Gasteiger partial charge in [0.2, 0.25) is 0 Å². The lowest BCUT2D eigenvalue weighted by molar-refractivity contribution is 0.00320. The lowest BCUT2D eigenvalue weighted by atomic mass is 9.89. The number of ether oxygens (including phenoxy) is 1. The smallest absolute Gasteiger partial charge is 0.0891 e. The number of rotatable bonds is 3. The van der Waals surface area contributed by atoms with Gasteiger partial charge in [0.25, 0.3) is 0 Å². The van der Waals surface area contributed by atoms with Crippen molar-refractivity contribution in [2.75, 3.05) is 0 Å². The highest BCUT2D eigenvalue weighted by molar-refractivity contribution is 9.10. The number of pyridine rings is 1. The standard InChI is InChI=1S/C13H18BrNO/c1-10-3-2-4-13(7-10)16-9-12-6-5-11(14)8-15-12/h5-6,8,10,13H,2-4,7,9H2,1H3. The quantitative estimate of drug-likeness (QED) is 0.838. The third-order valence-corrected chi connectivity index (χ3v) is 3.61. The van der Waals surface area contributed by atoms with E-state index in [0.29, 0.717) is 12.7 Å². The van der Waals surface area contributed by atoms with E-state index >= 15 is 0 Å². The van der Waals surface area contributed by atoms with Crippen LogP contribution in [-0.2, 0) is 11.3 Å². The first kappa shape index (κ1) is 12.1. The lowest BCUT2D eigenvalue weighted by Gasteiger charge is -2.26. The van der Waals surface area contributed by atoms with E-state index in [1.807, 2.05) is 18.3 Å². The molecular weight excluding hydrogens is 266 g/mol. The molecule has 3 heteroatoms. The zero-order valence-electron chi connectivity index (χ0n) is 9.66. The minimum absolute atomic E-state index is 0.439. The van der Waals surface area contributed by atoms with Crippen molar-refractivity contribution in [3.05, 3.63) is 28.5 Å². The monoisotopic (exact) mass is 283 g/mol. The molecule has 0 aromatic carbocycles. The molecule has 1 aromatic rings. The van der Waals surface area contributed by atoms with Crippen molar-refractivity contribution >= 4 is 15.9 Å². The Labute approximate surface area is 106 Å². The van der Waals surface area contributed by atoms with Crippen LogP contribution in [0.2, 0.25) is 0 Å². The summed E-state index contributed by atoms with van der Waals surface area (Å²) in [5.41, 5.74) is 1.02. The molecular formula is C13H18BrNO. The van der Waals surface area contributed by atoms with Crippen LogP contribution in [0.1, 0.15) is 38.3 Å². The molecule has 1 saturated carbocycles. The predicted octanol–water partition coefficient (Wildman–Crippen LogP) is 3.94. The summed E-state index contributed by atoms with van der Waals surface area (Å²) in [6, 6.07) is 4.02. The molecule has 2 nitrogen and oxygen atoms in total. The van der Waals surface area contributed by atoms with Crippen LogP contribution in [0.5, 0.6) is 0 Å². The molecule has 16 heavy (non-hydrogen) atoms. The Morgan fingerprint density at radius 3 is 3.00 bits per heavy atom. The topological polar surface area (TPSA) is 22.1 Å². The molecule has 0 radical (unpaired) electrons. The van der Waals surface area contributed by atoms with E-state index in [-0.39, 0.29) is 0 Å². The van der Waals surface area contributed by atoms with Gasteiger partial charge >= 0.3 is 0 Å². The number of nitrogens with zero attached hydrogens (tertiary/aromatic N) is 1. The Bertz CT molecular complexity index is 325. The van der Waals surface area contributed by atoms with Gasteiger partial charge in [-0.15, -0.1) is 0 Å². The molecule has 0 amide bonds. The third kappa shape index (κ3) is 3.56. The molecule has 2 unspecified atom stereocenters. The molecule has 0 N–H and O–H groups in total. The van der Waals surface area contributed by atoms with Crippen molar-refractivity contribution in [3.63, 3.8) is 0 Å². The van der Waals surface area contributed by atoms with Gasteiger partial charge in [-0.25, -0.2) is 0 Å². The first-order chi connectivity index (χ1) is 7.74. The molecule has 1 aliphatic rings. The third-order valence-electron chi connectivity index (χ3n) is 3.14. The second kappa shape index (κ2) is 5.78. The molecule has 0 bridgehead atoms. The molecule has 1 aliphatic carbocycles. The molecule has 0 saturated heterocycles. The van der Waals surface area contributed by atoms with Crippen LogP contribution < -0.4 is 0 Å². The number of halogens is 1. The fourth-order valence-corrected chi connectivity index (χ4v) is 2.46. The van der Waals surface area contributed by atoms with Gasteiger partial charge in [-0.1, -0.05) is 19.8 Å². The van der Waals surface area contributed by atoms with E-state index in [0.717, 1.165) is 16.1 Å². The summed E-state index contributed by atoms with van der Waals surface area (Å²) < 4.78 is 6.92. The predicted molar refractivity (Wildman–Crippen MR) is 68.1 cm³/mol. The van der Waals surface area contributed by atoms with Crippen LogP contribution >= 0.6 is 15.9 Å². The van der Waals surface area contributed by atoms with Crippen LogP contribution in [0.15, 0.2) is 22.8 Å². The van der Waals surface area contributed by atoms with E-state index < -0.39 is 0 Å². The number of hydrogen-bond donors (Lipinski definition) is 0. The highest BCUT2D eigenvalue weighted by atomic mass is 79.9. The maximum atomic E-state index is 5.90. The van der Waals surface area contributed by atoms with Crippen molar-refractivity contribution in [3.8, 4) is 0 Å². The van der Waals surface area contributed by atoms with Crippen LogP contribution in [-0.4, -0.2) is 11.1 Å². The summed E-state index contributed by atoms with van der Waals surface area (Å²) >= 11 is 3.38. The SMILES string of the molecule is CC1CCCC(OCc2ccc(Br)cn2)C1. The van der Waals surface area contributed by atoms with Crippen molar-refractivity contribution in [2.24, 2.45) is 5.92 Å². The summed E-state index contributed by atoms with van der Waals surface area (Å²) in [7, 11) is 0. The van der Waals surface area contributed by atoms with Gasteiger partial charge in [-0.2, -0.15) is 0 Å². The zero-order chi connectivity index (χ0) is 11.4. The molecule has 0 spiro atoms. The minimum atomic E-state index is 0.439. The summed E-state index contributed by atoms with van der Waals surface area (Å²) in [6.45, 7) is 2.96. The molecule has 1 heterocycles. The Kier molecular flexibility index (Phi) is 4.36. The van der Waals surface area contributed by atoms with Gasteiger partial charge in [0.05, 0.1) is 18.4 Å². The van der Waals surface area contributed by atoms with E-state index in [1.165, 1.54) is 25.7 Å². The van der Waals surface area contributed by atoms with Crippen molar-refractivity contribution in [1.29, 1.82) is 0 Å². The van der Waals surface area contributed by atoms with Gasteiger partial charge < -0.3 is 4.74 Å². The first-order valence-corrected chi connectivity index (χ1v) is 6.75. The highest BCUT2D eigenvalue weighted by Gasteiger charge is 2.19. The van der Waals surface area contributed by atoms with Crippen LogP contribution in [0.4, 0.5) is 0 Å². The Morgan fingerprint density at radius 1 is 1.44 bits per heavy atom. The second-order valence-electron chi connectivity index (χ2n) is 4.67. The fraction of sp³-hybridized carbons (Fsp3) is 0.615. The van der Waals surface area contributed by atoms with Gasteiger partial charge in [0, 0.05) is 10.7 Å². The van der Waals surface area contributed by atoms with Crippen molar-refractivity contribution in [2.45, 2.75) is 45.3 Å². The molecule has 2 rings (SSSR count). The lowest BCUT2D eigenvalue weighted by Crippen LogP contribution is -2.21. The Morgan fingerprint density at radius 2 is 2.31 bits per heavy atom. The first-order valence-electron chi connectivity index (χ1n) is 5.96. The van der Waals surface area contributed by atoms with Crippen LogP contribution in [0, 0.1) is 5.92 Å². The molecule has 0 aliphatic heterocycles. The number of aromatic nitrogens is 1. The average molecular weight is 284 g/mol. The van der Waals surface area contributed by atoms with E-state index in [1.54, 1.807) is 0 Å². The Balaban J connectivity index is 1.80. The highest BCUT2D eigenvalue weighted by Crippen LogP contribution is 2.26. The van der Waals surface area contributed by atoms with E-state index in [9.17, 15) is 0 Å². The molecule has 2 atom stereocenters. The van der Waals surface area contributed by atoms with Gasteiger partial charge in [0.15, 0.2) is 0 Å². The zero-order valence-corrected chi connectivity index (χ0v) is 11.2. The Hall–Kier alpha value is -0.410. The van der Waals surface area contributed by atoms with Crippen LogP contribution in [0.3, 0.4) is 0 Å². The maximum absolute atomic E-state index is 5.90. The molecule has 1 fully saturated rings. The summed E-state index contributed by atoms with van der Waals surface area (Å²) in [5.74, 6) is 0.816. The van der Waals surface area contributed by atoms with Crippen molar-refractivity contribution in [1.82, 2.24) is 4.98 Å². The normalized spacial score (nSPS) is 25.6. The fourth-order valence-electron chi connectivity index (χ4n) is 2.22. The summed E-state index contributed by atoms with van der Waals surface area (Å²) in [6.07, 6.45) is 7.34. The van der Waals surface area contributed by atoms with Crippen LogP contribution in [0.25, 0.3) is 0 Å². The van der Waals surface area contributed by atoms with Crippen molar-refractivity contribution < 1.29 is 4.74 Å². The van der Waals surface area contributed by atoms with Gasteiger partial charge in [-0.3, -0.25) is 4.98 Å². The molecule has 1 aromatic heterocycles. The van der Waals surface area contributed by atoms with Gasteiger partial charge in [-0.05, 0) is 46.8 Å². The van der Waals surface area contributed by atoms with E-state index in [4.69, 9.17) is 4.74 Å². The number of hydrogen-bond acceptors (Lipinski definition) is 2. The molecule has 88 valence electrons. The van der Waals surface area contributed by atoms with Gasteiger partial charge in [0.1, 0.15) is 0 Å². The second-order valence-corrected chi connectivity index (χ2v) is 5.59. The summed E-state index contributed by atoms with van der Waals surface area (Å²) in [5, 5.41) is 0.